The van der Waals surface area contributed by atoms with Crippen molar-refractivity contribution in [3.8, 4) is 5.75 Å². The van der Waals surface area contributed by atoms with E-state index in [0.29, 0.717) is 16.9 Å². The number of rotatable bonds is 5. The molecule has 0 radical (unpaired) electrons. The zero-order chi connectivity index (χ0) is 13.9. The van der Waals surface area contributed by atoms with Crippen LogP contribution in [0.25, 0.3) is 0 Å². The molecule has 1 aromatic carbocycles. The summed E-state index contributed by atoms with van der Waals surface area (Å²) in [6, 6.07) is 2.99. The number of benzene rings is 1. The standard InChI is InChI=1S/C12H15NO5/c1-7-5-11(18-9(3)6-12(14)15)8(2)4-10(7)13(16)17/h4-5,9H,6H2,1-3H3,(H,14,15)/t9-/m1/s1. The van der Waals surface area contributed by atoms with Crippen LogP contribution in [0.4, 0.5) is 5.69 Å². The summed E-state index contributed by atoms with van der Waals surface area (Å²) >= 11 is 0. The quantitative estimate of drug-likeness (QED) is 0.643. The molecule has 0 aliphatic rings. The van der Waals surface area contributed by atoms with Crippen molar-refractivity contribution in [2.75, 3.05) is 0 Å². The third-order valence-electron chi connectivity index (χ3n) is 2.48. The van der Waals surface area contributed by atoms with Crippen LogP contribution in [-0.2, 0) is 4.79 Å². The molecule has 0 heterocycles. The van der Waals surface area contributed by atoms with Gasteiger partial charge in [0.15, 0.2) is 0 Å². The first-order valence-electron chi connectivity index (χ1n) is 5.45. The average molecular weight is 253 g/mol. The first kappa shape index (κ1) is 14.0. The summed E-state index contributed by atoms with van der Waals surface area (Å²) in [6.07, 6.45) is -0.600. The van der Waals surface area contributed by atoms with Gasteiger partial charge < -0.3 is 9.84 Å². The molecule has 0 unspecified atom stereocenters. The van der Waals surface area contributed by atoms with Crippen LogP contribution in [0.1, 0.15) is 24.5 Å². The van der Waals surface area contributed by atoms with E-state index >= 15 is 0 Å². The Morgan fingerprint density at radius 1 is 1.44 bits per heavy atom. The molecule has 0 saturated carbocycles. The van der Waals surface area contributed by atoms with E-state index in [-0.39, 0.29) is 12.1 Å². The number of hydrogen-bond donors (Lipinski definition) is 1. The maximum absolute atomic E-state index is 10.7. The summed E-state index contributed by atoms with van der Waals surface area (Å²) in [5.74, 6) is -0.467. The molecule has 1 rings (SSSR count). The molecule has 0 spiro atoms. The molecule has 98 valence electrons. The maximum atomic E-state index is 10.7. The minimum Gasteiger partial charge on any atom is -0.490 e. The van der Waals surface area contributed by atoms with Crippen molar-refractivity contribution in [1.82, 2.24) is 0 Å². The number of carbonyl (C=O) groups is 1. The molecule has 0 amide bonds. The van der Waals surface area contributed by atoms with Gasteiger partial charge in [0.2, 0.25) is 0 Å². The first-order chi connectivity index (χ1) is 8.31. The average Bonchev–Trinajstić information content (AvgIpc) is 2.21. The number of carboxylic acids is 1. The van der Waals surface area contributed by atoms with Gasteiger partial charge in [-0.25, -0.2) is 0 Å². The van der Waals surface area contributed by atoms with Crippen LogP contribution in [0.15, 0.2) is 12.1 Å². The van der Waals surface area contributed by atoms with Crippen LogP contribution in [-0.4, -0.2) is 22.1 Å². The number of nitrogens with zero attached hydrogens (tertiary/aromatic N) is 1. The van der Waals surface area contributed by atoms with E-state index in [4.69, 9.17) is 9.84 Å². The van der Waals surface area contributed by atoms with Crippen LogP contribution < -0.4 is 4.74 Å². The van der Waals surface area contributed by atoms with Gasteiger partial charge in [-0.15, -0.1) is 0 Å². The minimum atomic E-state index is -0.946. The Morgan fingerprint density at radius 3 is 2.56 bits per heavy atom. The van der Waals surface area contributed by atoms with Crippen molar-refractivity contribution in [2.45, 2.75) is 33.3 Å². The van der Waals surface area contributed by atoms with Crippen LogP contribution in [0.3, 0.4) is 0 Å². The van der Waals surface area contributed by atoms with Crippen molar-refractivity contribution in [3.05, 3.63) is 33.4 Å². The van der Waals surface area contributed by atoms with Crippen LogP contribution in [0.5, 0.6) is 5.75 Å². The van der Waals surface area contributed by atoms with Crippen molar-refractivity contribution < 1.29 is 19.6 Å². The monoisotopic (exact) mass is 253 g/mol. The second-order valence-corrected chi connectivity index (χ2v) is 4.19. The van der Waals surface area contributed by atoms with Crippen LogP contribution >= 0.6 is 0 Å². The Morgan fingerprint density at radius 2 is 2.06 bits per heavy atom. The van der Waals surface area contributed by atoms with Gasteiger partial charge in [-0.05, 0) is 32.4 Å². The first-order valence-corrected chi connectivity index (χ1v) is 5.45. The smallest absolute Gasteiger partial charge is 0.307 e. The number of carboxylic acid groups (broad SMARTS) is 1. The minimum absolute atomic E-state index is 0.0331. The van der Waals surface area contributed by atoms with Gasteiger partial charge in [0, 0.05) is 11.6 Å². The van der Waals surface area contributed by atoms with Crippen LogP contribution in [0, 0.1) is 24.0 Å². The lowest BCUT2D eigenvalue weighted by Gasteiger charge is -2.15. The highest BCUT2D eigenvalue weighted by atomic mass is 16.6. The maximum Gasteiger partial charge on any atom is 0.307 e. The van der Waals surface area contributed by atoms with Gasteiger partial charge >= 0.3 is 5.97 Å². The summed E-state index contributed by atoms with van der Waals surface area (Å²) in [5.41, 5.74) is 1.14. The lowest BCUT2D eigenvalue weighted by molar-refractivity contribution is -0.385. The molecule has 6 nitrogen and oxygen atoms in total. The molecule has 0 aliphatic heterocycles. The second-order valence-electron chi connectivity index (χ2n) is 4.19. The Bertz CT molecular complexity index is 484. The van der Waals surface area contributed by atoms with Gasteiger partial charge in [0.05, 0.1) is 11.3 Å². The highest BCUT2D eigenvalue weighted by molar-refractivity contribution is 5.67. The highest BCUT2D eigenvalue weighted by Gasteiger charge is 2.16. The van der Waals surface area contributed by atoms with E-state index in [0.717, 1.165) is 0 Å². The molecule has 6 heteroatoms. The molecular formula is C12H15NO5. The lowest BCUT2D eigenvalue weighted by atomic mass is 10.1. The second kappa shape index (κ2) is 5.48. The van der Waals surface area contributed by atoms with E-state index in [1.807, 2.05) is 0 Å². The summed E-state index contributed by atoms with van der Waals surface area (Å²) in [5, 5.41) is 19.4. The number of aliphatic carboxylic acids is 1. The van der Waals surface area contributed by atoms with Crippen molar-refractivity contribution in [3.63, 3.8) is 0 Å². The van der Waals surface area contributed by atoms with E-state index in [2.05, 4.69) is 0 Å². The van der Waals surface area contributed by atoms with Crippen molar-refractivity contribution in [2.24, 2.45) is 0 Å². The van der Waals surface area contributed by atoms with Crippen molar-refractivity contribution in [1.29, 1.82) is 0 Å². The van der Waals surface area contributed by atoms with Gasteiger partial charge in [-0.2, -0.15) is 0 Å². The predicted molar refractivity (Wildman–Crippen MR) is 64.9 cm³/mol. The largest absolute Gasteiger partial charge is 0.490 e. The summed E-state index contributed by atoms with van der Waals surface area (Å²) < 4.78 is 5.47. The fraction of sp³-hybridized carbons (Fsp3) is 0.417. The molecular weight excluding hydrogens is 238 g/mol. The molecule has 1 N–H and O–H groups in total. The zero-order valence-electron chi connectivity index (χ0n) is 10.5. The molecule has 0 bridgehead atoms. The van der Waals surface area contributed by atoms with Gasteiger partial charge in [-0.3, -0.25) is 14.9 Å². The normalized spacial score (nSPS) is 11.9. The Kier molecular flexibility index (Phi) is 4.25. The molecule has 0 fully saturated rings. The van der Waals surface area contributed by atoms with Gasteiger partial charge in [-0.1, -0.05) is 0 Å². The molecule has 0 saturated heterocycles. The summed E-state index contributed by atoms with van der Waals surface area (Å²) in [6.45, 7) is 4.95. The van der Waals surface area contributed by atoms with Gasteiger partial charge in [0.25, 0.3) is 5.69 Å². The molecule has 1 atom stereocenters. The fourth-order valence-corrected chi connectivity index (χ4v) is 1.60. The molecule has 18 heavy (non-hydrogen) atoms. The van der Waals surface area contributed by atoms with Gasteiger partial charge in [0.1, 0.15) is 11.9 Å². The number of nitro benzene ring substituents is 1. The Labute approximate surface area is 104 Å². The third kappa shape index (κ3) is 3.44. The molecule has 1 aromatic rings. The van der Waals surface area contributed by atoms with E-state index < -0.39 is 17.0 Å². The number of hydrogen-bond acceptors (Lipinski definition) is 4. The Hall–Kier alpha value is -2.11. The van der Waals surface area contributed by atoms with E-state index in [9.17, 15) is 14.9 Å². The van der Waals surface area contributed by atoms with Crippen molar-refractivity contribution >= 4 is 11.7 Å². The zero-order valence-corrected chi connectivity index (χ0v) is 10.5. The topological polar surface area (TPSA) is 89.7 Å². The summed E-state index contributed by atoms with van der Waals surface area (Å²) in [4.78, 5) is 20.8. The highest BCUT2D eigenvalue weighted by Crippen LogP contribution is 2.28. The molecule has 0 aliphatic carbocycles. The SMILES string of the molecule is Cc1cc([N+](=O)[O-])c(C)cc1O[C@H](C)CC(=O)O. The summed E-state index contributed by atoms with van der Waals surface area (Å²) in [7, 11) is 0. The fourth-order valence-electron chi connectivity index (χ4n) is 1.60. The number of aryl methyl sites for hydroxylation is 2. The number of ether oxygens (including phenoxy) is 1. The molecule has 0 aromatic heterocycles. The number of nitro groups is 1. The van der Waals surface area contributed by atoms with E-state index in [1.165, 1.54) is 6.07 Å². The third-order valence-corrected chi connectivity index (χ3v) is 2.48. The Balaban J connectivity index is 2.94. The predicted octanol–water partition coefficient (Wildman–Crippen LogP) is 2.45. The van der Waals surface area contributed by atoms with E-state index in [1.54, 1.807) is 26.8 Å². The lowest BCUT2D eigenvalue weighted by Crippen LogP contribution is -2.17. The van der Waals surface area contributed by atoms with Crippen LogP contribution in [0.2, 0.25) is 0 Å².